The quantitative estimate of drug-likeness (QED) is 0.836. The Hall–Kier alpha value is -1.84. The van der Waals surface area contributed by atoms with Crippen LogP contribution in [0.5, 0.6) is 5.75 Å². The molecule has 2 aromatic carbocycles. The van der Waals surface area contributed by atoms with Crippen LogP contribution in [0.2, 0.25) is 0 Å². The molecule has 1 aliphatic rings. The third-order valence-electron chi connectivity index (χ3n) is 3.16. The second-order valence-electron chi connectivity index (χ2n) is 4.65. The molecule has 0 spiro atoms. The van der Waals surface area contributed by atoms with E-state index in [2.05, 4.69) is 0 Å². The van der Waals surface area contributed by atoms with Gasteiger partial charge in [0, 0.05) is 0 Å². The van der Waals surface area contributed by atoms with E-state index < -0.39 is 0 Å². The Labute approximate surface area is 112 Å². The van der Waals surface area contributed by atoms with Gasteiger partial charge < -0.3 is 14.6 Å². The van der Waals surface area contributed by atoms with Gasteiger partial charge >= 0.3 is 0 Å². The van der Waals surface area contributed by atoms with E-state index in [9.17, 15) is 0 Å². The Kier molecular flexibility index (Phi) is 3.49. The first-order chi connectivity index (χ1) is 9.35. The van der Waals surface area contributed by atoms with Gasteiger partial charge in [-0.25, -0.2) is 0 Å². The van der Waals surface area contributed by atoms with E-state index in [4.69, 9.17) is 14.6 Å². The van der Waals surface area contributed by atoms with Crippen molar-refractivity contribution in [1.82, 2.24) is 0 Å². The van der Waals surface area contributed by atoms with Crippen molar-refractivity contribution in [1.29, 1.82) is 0 Å². The molecule has 19 heavy (non-hydrogen) atoms. The summed E-state index contributed by atoms with van der Waals surface area (Å²) in [7, 11) is 0. The van der Waals surface area contributed by atoms with Crippen LogP contribution in [0.3, 0.4) is 0 Å². The zero-order valence-electron chi connectivity index (χ0n) is 10.6. The normalized spacial score (nSPS) is 17.2. The van der Waals surface area contributed by atoms with Crippen molar-refractivity contribution in [2.45, 2.75) is 12.7 Å². The summed E-state index contributed by atoms with van der Waals surface area (Å²) in [6.07, 6.45) is 0.283. The molecule has 1 fully saturated rings. The average Bonchev–Trinajstić information content (AvgIpc) is 3.30. The van der Waals surface area contributed by atoms with Gasteiger partial charge in [0.25, 0.3) is 0 Å². The number of epoxide rings is 1. The number of aliphatic hydroxyl groups excluding tert-OH is 1. The number of aliphatic hydroxyl groups is 1. The molecule has 0 saturated carbocycles. The molecule has 98 valence electrons. The molecule has 1 aliphatic heterocycles. The minimum Gasteiger partial charge on any atom is -0.491 e. The standard InChI is InChI=1S/C16H16O3/c17-9-12-1-3-13(4-2-12)14-5-7-15(8-6-14)18-10-16-11-19-16/h1-8,16-17H,9-11H2. The second-order valence-corrected chi connectivity index (χ2v) is 4.65. The number of ether oxygens (including phenoxy) is 2. The summed E-state index contributed by atoms with van der Waals surface area (Å²) in [4.78, 5) is 0. The highest BCUT2D eigenvalue weighted by Crippen LogP contribution is 2.23. The SMILES string of the molecule is OCc1ccc(-c2ccc(OCC3CO3)cc2)cc1. The molecule has 0 bridgehead atoms. The van der Waals surface area contributed by atoms with Gasteiger partial charge in [-0.2, -0.15) is 0 Å². The zero-order valence-corrected chi connectivity index (χ0v) is 10.6. The highest BCUT2D eigenvalue weighted by molar-refractivity contribution is 5.64. The van der Waals surface area contributed by atoms with E-state index >= 15 is 0 Å². The Balaban J connectivity index is 1.69. The van der Waals surface area contributed by atoms with Crippen molar-refractivity contribution in [3.8, 4) is 16.9 Å². The Morgan fingerprint density at radius 3 is 2.11 bits per heavy atom. The second kappa shape index (κ2) is 5.43. The average molecular weight is 256 g/mol. The summed E-state index contributed by atoms with van der Waals surface area (Å²) >= 11 is 0. The lowest BCUT2D eigenvalue weighted by atomic mass is 10.0. The highest BCUT2D eigenvalue weighted by Gasteiger charge is 2.22. The van der Waals surface area contributed by atoms with Crippen molar-refractivity contribution >= 4 is 0 Å². The maximum Gasteiger partial charge on any atom is 0.119 e. The molecule has 3 rings (SSSR count). The van der Waals surface area contributed by atoms with Crippen LogP contribution < -0.4 is 4.74 Å². The number of rotatable bonds is 5. The fraction of sp³-hybridized carbons (Fsp3) is 0.250. The number of hydrogen-bond donors (Lipinski definition) is 1. The molecule has 1 atom stereocenters. The maximum atomic E-state index is 9.02. The summed E-state index contributed by atoms with van der Waals surface area (Å²) < 4.78 is 10.7. The van der Waals surface area contributed by atoms with E-state index in [0.717, 1.165) is 29.0 Å². The predicted octanol–water partition coefficient (Wildman–Crippen LogP) is 2.62. The van der Waals surface area contributed by atoms with Gasteiger partial charge in [0.15, 0.2) is 0 Å². The van der Waals surface area contributed by atoms with E-state index in [1.165, 1.54) is 0 Å². The molecule has 0 radical (unpaired) electrons. The van der Waals surface area contributed by atoms with Crippen molar-refractivity contribution in [3.05, 3.63) is 54.1 Å². The smallest absolute Gasteiger partial charge is 0.119 e. The molecule has 1 heterocycles. The van der Waals surface area contributed by atoms with Crippen LogP contribution >= 0.6 is 0 Å². The van der Waals surface area contributed by atoms with Crippen molar-refractivity contribution in [2.24, 2.45) is 0 Å². The fourth-order valence-corrected chi connectivity index (χ4v) is 1.90. The Bertz CT molecular complexity index is 527. The topological polar surface area (TPSA) is 42.0 Å². The lowest BCUT2D eigenvalue weighted by molar-refractivity contribution is 0.263. The molecule has 1 saturated heterocycles. The molecule has 3 nitrogen and oxygen atoms in total. The van der Waals surface area contributed by atoms with E-state index in [0.29, 0.717) is 6.61 Å². The third-order valence-corrected chi connectivity index (χ3v) is 3.16. The van der Waals surface area contributed by atoms with Gasteiger partial charge in [0.05, 0.1) is 13.2 Å². The summed E-state index contributed by atoms with van der Waals surface area (Å²) in [6, 6.07) is 15.9. The van der Waals surface area contributed by atoms with Crippen LogP contribution in [0.4, 0.5) is 0 Å². The van der Waals surface area contributed by atoms with Gasteiger partial charge in [-0.15, -0.1) is 0 Å². The molecule has 1 unspecified atom stereocenters. The summed E-state index contributed by atoms with van der Waals surface area (Å²) in [5.74, 6) is 0.867. The summed E-state index contributed by atoms with van der Waals surface area (Å²) in [6.45, 7) is 1.52. The highest BCUT2D eigenvalue weighted by atomic mass is 16.6. The van der Waals surface area contributed by atoms with E-state index in [1.54, 1.807) is 0 Å². The Morgan fingerprint density at radius 2 is 1.58 bits per heavy atom. The first-order valence-electron chi connectivity index (χ1n) is 6.40. The van der Waals surface area contributed by atoms with Crippen LogP contribution in [0.1, 0.15) is 5.56 Å². The molecule has 1 N–H and O–H groups in total. The van der Waals surface area contributed by atoms with E-state index in [1.807, 2.05) is 48.5 Å². The van der Waals surface area contributed by atoms with Gasteiger partial charge in [-0.05, 0) is 28.8 Å². The molecule has 0 amide bonds. The van der Waals surface area contributed by atoms with Crippen LogP contribution in [0.25, 0.3) is 11.1 Å². The summed E-state index contributed by atoms with van der Waals surface area (Å²) in [5, 5.41) is 9.02. The van der Waals surface area contributed by atoms with Crippen LogP contribution in [0, 0.1) is 0 Å². The Morgan fingerprint density at radius 1 is 1.00 bits per heavy atom. The number of hydrogen-bond acceptors (Lipinski definition) is 3. The summed E-state index contributed by atoms with van der Waals surface area (Å²) in [5.41, 5.74) is 3.20. The molecular weight excluding hydrogens is 240 g/mol. The first kappa shape index (κ1) is 12.2. The third kappa shape index (κ3) is 3.13. The fourth-order valence-electron chi connectivity index (χ4n) is 1.90. The monoisotopic (exact) mass is 256 g/mol. The van der Waals surface area contributed by atoms with Crippen molar-refractivity contribution < 1.29 is 14.6 Å². The largest absolute Gasteiger partial charge is 0.491 e. The minimum absolute atomic E-state index is 0.0797. The van der Waals surface area contributed by atoms with Crippen LogP contribution in [-0.4, -0.2) is 24.4 Å². The van der Waals surface area contributed by atoms with Gasteiger partial charge in [-0.3, -0.25) is 0 Å². The van der Waals surface area contributed by atoms with Crippen LogP contribution in [0.15, 0.2) is 48.5 Å². The van der Waals surface area contributed by atoms with Crippen molar-refractivity contribution in [3.63, 3.8) is 0 Å². The maximum absolute atomic E-state index is 9.02. The molecule has 0 aliphatic carbocycles. The predicted molar refractivity (Wildman–Crippen MR) is 73.0 cm³/mol. The van der Waals surface area contributed by atoms with Gasteiger partial charge in [0.1, 0.15) is 18.5 Å². The zero-order chi connectivity index (χ0) is 13.1. The van der Waals surface area contributed by atoms with Gasteiger partial charge in [0.2, 0.25) is 0 Å². The molecule has 2 aromatic rings. The van der Waals surface area contributed by atoms with E-state index in [-0.39, 0.29) is 12.7 Å². The van der Waals surface area contributed by atoms with Gasteiger partial charge in [-0.1, -0.05) is 36.4 Å². The van der Waals surface area contributed by atoms with Crippen molar-refractivity contribution in [2.75, 3.05) is 13.2 Å². The first-order valence-corrected chi connectivity index (χ1v) is 6.40. The minimum atomic E-state index is 0.0797. The lowest BCUT2D eigenvalue weighted by Crippen LogP contribution is -2.03. The van der Waals surface area contributed by atoms with Crippen LogP contribution in [-0.2, 0) is 11.3 Å². The number of benzene rings is 2. The molecule has 0 aromatic heterocycles. The molecule has 3 heteroatoms. The molecular formula is C16H16O3. The lowest BCUT2D eigenvalue weighted by Gasteiger charge is -2.06.